The number of nitrogens with zero attached hydrogens (tertiary/aromatic N) is 3. The fourth-order valence-electron chi connectivity index (χ4n) is 2.59. The summed E-state index contributed by atoms with van der Waals surface area (Å²) in [6.07, 6.45) is 3.69. The highest BCUT2D eigenvalue weighted by Crippen LogP contribution is 2.15. The highest BCUT2D eigenvalue weighted by molar-refractivity contribution is 7.80. The average Bonchev–Trinajstić information content (AvgIpc) is 2.58. The van der Waals surface area contributed by atoms with E-state index >= 15 is 0 Å². The lowest BCUT2D eigenvalue weighted by Gasteiger charge is -2.36. The lowest BCUT2D eigenvalue weighted by molar-refractivity contribution is 0.177. The van der Waals surface area contributed by atoms with Crippen molar-refractivity contribution in [3.05, 3.63) is 59.4 Å². The monoisotopic (exact) mass is 346 g/mol. The molecule has 0 unspecified atom stereocenters. The summed E-state index contributed by atoms with van der Waals surface area (Å²) in [7, 11) is 0. The molecule has 4 nitrogen and oxygen atoms in total. The summed E-state index contributed by atoms with van der Waals surface area (Å²) in [5.41, 5.74) is 2.27. The quantitative estimate of drug-likeness (QED) is 0.862. The van der Waals surface area contributed by atoms with Crippen LogP contribution in [-0.2, 0) is 6.54 Å². The number of hydrogen-bond acceptors (Lipinski definition) is 3. The molecular weight excluding hydrogens is 328 g/mol. The molecule has 120 valence electrons. The van der Waals surface area contributed by atoms with Crippen LogP contribution >= 0.6 is 23.8 Å². The molecule has 1 fully saturated rings. The maximum atomic E-state index is 5.90. The molecule has 23 heavy (non-hydrogen) atoms. The van der Waals surface area contributed by atoms with E-state index in [9.17, 15) is 0 Å². The van der Waals surface area contributed by atoms with Crippen LogP contribution in [0.3, 0.4) is 0 Å². The van der Waals surface area contributed by atoms with Crippen LogP contribution in [0.2, 0.25) is 5.02 Å². The van der Waals surface area contributed by atoms with E-state index in [-0.39, 0.29) is 0 Å². The molecule has 0 radical (unpaired) electrons. The predicted octanol–water partition coefficient (Wildman–Crippen LogP) is 3.25. The van der Waals surface area contributed by atoms with Gasteiger partial charge in [0.25, 0.3) is 0 Å². The van der Waals surface area contributed by atoms with Crippen molar-refractivity contribution in [3.8, 4) is 0 Å². The van der Waals surface area contributed by atoms with Crippen LogP contribution in [0, 0.1) is 0 Å². The zero-order chi connectivity index (χ0) is 16.1. The Kier molecular flexibility index (Phi) is 5.43. The van der Waals surface area contributed by atoms with E-state index in [2.05, 4.69) is 32.2 Å². The van der Waals surface area contributed by atoms with Gasteiger partial charge in [0, 0.05) is 55.8 Å². The Bertz CT molecular complexity index is 639. The van der Waals surface area contributed by atoms with Crippen molar-refractivity contribution in [1.82, 2.24) is 14.8 Å². The molecule has 6 heteroatoms. The fraction of sp³-hybridized carbons (Fsp3) is 0.294. The zero-order valence-electron chi connectivity index (χ0n) is 12.8. The van der Waals surface area contributed by atoms with Gasteiger partial charge in [0.05, 0.1) is 0 Å². The van der Waals surface area contributed by atoms with Crippen LogP contribution in [0.4, 0.5) is 5.69 Å². The predicted molar refractivity (Wildman–Crippen MR) is 98.8 cm³/mol. The Morgan fingerprint density at radius 3 is 2.35 bits per heavy atom. The molecule has 2 heterocycles. The first-order valence-electron chi connectivity index (χ1n) is 7.63. The number of rotatable bonds is 3. The third kappa shape index (κ3) is 4.64. The molecule has 1 aromatic heterocycles. The number of nitrogens with one attached hydrogen (secondary N) is 1. The number of aromatic nitrogens is 1. The van der Waals surface area contributed by atoms with E-state index in [0.29, 0.717) is 0 Å². The topological polar surface area (TPSA) is 31.4 Å². The van der Waals surface area contributed by atoms with Crippen molar-refractivity contribution in [2.24, 2.45) is 0 Å². The third-order valence-electron chi connectivity index (χ3n) is 3.91. The molecule has 3 rings (SSSR count). The second-order valence-corrected chi connectivity index (χ2v) is 6.38. The lowest BCUT2D eigenvalue weighted by atomic mass is 10.2. The van der Waals surface area contributed by atoms with Crippen LogP contribution in [0.1, 0.15) is 5.56 Å². The van der Waals surface area contributed by atoms with Gasteiger partial charge in [-0.2, -0.15) is 0 Å². The summed E-state index contributed by atoms with van der Waals surface area (Å²) < 4.78 is 0. The maximum Gasteiger partial charge on any atom is 0.173 e. The third-order valence-corrected chi connectivity index (χ3v) is 4.52. The normalized spacial score (nSPS) is 15.4. The summed E-state index contributed by atoms with van der Waals surface area (Å²) in [6.45, 7) is 4.85. The van der Waals surface area contributed by atoms with Gasteiger partial charge in [0.15, 0.2) is 5.11 Å². The lowest BCUT2D eigenvalue weighted by Crippen LogP contribution is -2.49. The molecule has 1 N–H and O–H groups in total. The summed E-state index contributed by atoms with van der Waals surface area (Å²) >= 11 is 11.4. The minimum atomic E-state index is 0.728. The minimum absolute atomic E-state index is 0.728. The Hall–Kier alpha value is -1.69. The summed E-state index contributed by atoms with van der Waals surface area (Å²) in [5, 5.41) is 4.78. The van der Waals surface area contributed by atoms with Crippen LogP contribution in [-0.4, -0.2) is 46.1 Å². The van der Waals surface area contributed by atoms with Gasteiger partial charge in [-0.05, 0) is 54.2 Å². The highest BCUT2D eigenvalue weighted by Gasteiger charge is 2.19. The Morgan fingerprint density at radius 2 is 1.70 bits per heavy atom. The van der Waals surface area contributed by atoms with Crippen LogP contribution < -0.4 is 5.32 Å². The van der Waals surface area contributed by atoms with Crippen LogP contribution in [0.5, 0.6) is 0 Å². The highest BCUT2D eigenvalue weighted by atomic mass is 35.5. The van der Waals surface area contributed by atoms with E-state index in [1.165, 1.54) is 5.56 Å². The number of halogens is 1. The molecular formula is C17H19ClN4S. The van der Waals surface area contributed by atoms with Crippen molar-refractivity contribution >= 4 is 34.6 Å². The van der Waals surface area contributed by atoms with E-state index in [4.69, 9.17) is 23.8 Å². The Morgan fingerprint density at radius 1 is 1.04 bits per heavy atom. The molecule has 1 aliphatic rings. The van der Waals surface area contributed by atoms with Gasteiger partial charge < -0.3 is 10.2 Å². The van der Waals surface area contributed by atoms with Crippen molar-refractivity contribution in [3.63, 3.8) is 0 Å². The number of anilines is 1. The SMILES string of the molecule is S=C(Nc1ccc(Cl)cc1)N1CCN(Cc2ccncc2)CC1. The van der Waals surface area contributed by atoms with Crippen LogP contribution in [0.15, 0.2) is 48.8 Å². The van der Waals surface area contributed by atoms with Gasteiger partial charge in [-0.15, -0.1) is 0 Å². The number of benzene rings is 1. The van der Waals surface area contributed by atoms with Gasteiger partial charge in [0.1, 0.15) is 0 Å². The molecule has 0 aliphatic carbocycles. The maximum absolute atomic E-state index is 5.90. The molecule has 1 aliphatic heterocycles. The summed E-state index contributed by atoms with van der Waals surface area (Å²) in [6, 6.07) is 11.7. The fourth-order valence-corrected chi connectivity index (χ4v) is 3.02. The van der Waals surface area contributed by atoms with Crippen molar-refractivity contribution in [1.29, 1.82) is 0 Å². The number of pyridine rings is 1. The summed E-state index contributed by atoms with van der Waals surface area (Å²) in [4.78, 5) is 8.72. The summed E-state index contributed by atoms with van der Waals surface area (Å²) in [5.74, 6) is 0. The minimum Gasteiger partial charge on any atom is -0.346 e. The zero-order valence-corrected chi connectivity index (χ0v) is 14.4. The van der Waals surface area contributed by atoms with E-state index in [1.807, 2.05) is 36.7 Å². The number of piperazine rings is 1. The Balaban J connectivity index is 1.48. The van der Waals surface area contributed by atoms with Crippen LogP contribution in [0.25, 0.3) is 0 Å². The Labute approximate surface area is 147 Å². The van der Waals surface area contributed by atoms with Gasteiger partial charge in [-0.3, -0.25) is 9.88 Å². The molecule has 1 aromatic carbocycles. The molecule has 0 bridgehead atoms. The van der Waals surface area contributed by atoms with Crippen molar-refractivity contribution in [2.75, 3.05) is 31.5 Å². The van der Waals surface area contributed by atoms with E-state index in [0.717, 1.165) is 48.5 Å². The first kappa shape index (κ1) is 16.2. The first-order chi connectivity index (χ1) is 11.2. The van der Waals surface area contributed by atoms with E-state index < -0.39 is 0 Å². The number of thiocarbonyl (C=S) groups is 1. The molecule has 0 atom stereocenters. The second kappa shape index (κ2) is 7.73. The smallest absolute Gasteiger partial charge is 0.173 e. The number of hydrogen-bond donors (Lipinski definition) is 1. The van der Waals surface area contributed by atoms with Gasteiger partial charge in [-0.1, -0.05) is 11.6 Å². The van der Waals surface area contributed by atoms with Crippen molar-refractivity contribution < 1.29 is 0 Å². The standard InChI is InChI=1S/C17H19ClN4S/c18-15-1-3-16(4-2-15)20-17(23)22-11-9-21(10-12-22)13-14-5-7-19-8-6-14/h1-8H,9-13H2,(H,20,23). The second-order valence-electron chi connectivity index (χ2n) is 5.56. The molecule has 0 amide bonds. The van der Waals surface area contributed by atoms with E-state index in [1.54, 1.807) is 0 Å². The molecule has 1 saturated heterocycles. The van der Waals surface area contributed by atoms with Gasteiger partial charge in [-0.25, -0.2) is 0 Å². The van der Waals surface area contributed by atoms with Gasteiger partial charge >= 0.3 is 0 Å². The van der Waals surface area contributed by atoms with Crippen molar-refractivity contribution in [2.45, 2.75) is 6.54 Å². The molecule has 0 saturated carbocycles. The average molecular weight is 347 g/mol. The molecule has 2 aromatic rings. The first-order valence-corrected chi connectivity index (χ1v) is 8.42. The molecule has 0 spiro atoms. The van der Waals surface area contributed by atoms with Gasteiger partial charge in [0.2, 0.25) is 0 Å². The largest absolute Gasteiger partial charge is 0.346 e.